The van der Waals surface area contributed by atoms with Crippen LogP contribution in [0.1, 0.15) is 45.6 Å². The number of hydrogen-bond donors (Lipinski definition) is 2. The van der Waals surface area contributed by atoms with Crippen molar-refractivity contribution in [2.45, 2.75) is 46.1 Å². The van der Waals surface area contributed by atoms with Crippen molar-refractivity contribution in [1.29, 1.82) is 0 Å². The summed E-state index contributed by atoms with van der Waals surface area (Å²) in [6.07, 6.45) is 0.448. The number of benzene rings is 1. The predicted octanol–water partition coefficient (Wildman–Crippen LogP) is 2.97. The van der Waals surface area contributed by atoms with E-state index in [1.807, 2.05) is 20.8 Å². The van der Waals surface area contributed by atoms with Crippen LogP contribution in [0.5, 0.6) is 5.75 Å². The lowest BCUT2D eigenvalue weighted by molar-refractivity contribution is -0.151. The highest BCUT2D eigenvalue weighted by Gasteiger charge is 2.47. The largest absolute Gasteiger partial charge is 0.508 e. The number of carbonyl (C=O) groups is 3. The number of Topliss-reactive ketones (excluding diaryl/α,β-unsaturated/α-hetero) is 1. The molecule has 0 saturated carbocycles. The molecule has 8 nitrogen and oxygen atoms in total. The van der Waals surface area contributed by atoms with Gasteiger partial charge in [0.1, 0.15) is 18.3 Å². The number of ketones is 1. The van der Waals surface area contributed by atoms with Crippen molar-refractivity contribution in [3.05, 3.63) is 52.4 Å². The van der Waals surface area contributed by atoms with Gasteiger partial charge in [-0.3, -0.25) is 9.59 Å². The summed E-state index contributed by atoms with van der Waals surface area (Å²) in [6.45, 7) is 7.66. The van der Waals surface area contributed by atoms with Gasteiger partial charge in [-0.2, -0.15) is 0 Å². The summed E-state index contributed by atoms with van der Waals surface area (Å²) in [5, 5.41) is 13.3. The molecule has 1 aromatic rings. The summed E-state index contributed by atoms with van der Waals surface area (Å²) >= 11 is 0. The lowest BCUT2D eigenvalue weighted by Crippen LogP contribution is -2.43. The molecule has 2 N–H and O–H groups in total. The van der Waals surface area contributed by atoms with E-state index < -0.39 is 29.6 Å². The van der Waals surface area contributed by atoms with Crippen molar-refractivity contribution >= 4 is 17.7 Å². The molecule has 33 heavy (non-hydrogen) atoms. The molecule has 2 aliphatic rings. The molecule has 0 bridgehead atoms. The van der Waals surface area contributed by atoms with E-state index in [0.717, 1.165) is 0 Å². The summed E-state index contributed by atoms with van der Waals surface area (Å²) in [5.74, 6) is -3.61. The molecule has 3 rings (SSSR count). The highest BCUT2D eigenvalue weighted by atomic mass is 16.6. The highest BCUT2D eigenvalue weighted by Crippen LogP contribution is 2.45. The number of hydrogen-bond acceptors (Lipinski definition) is 8. The minimum absolute atomic E-state index is 0.00466. The van der Waals surface area contributed by atoms with Crippen molar-refractivity contribution in [1.82, 2.24) is 5.32 Å². The number of methoxy groups -OCH3 is 1. The van der Waals surface area contributed by atoms with Gasteiger partial charge in [0.05, 0.1) is 25.4 Å². The maximum Gasteiger partial charge on any atom is 0.336 e. The number of esters is 2. The molecule has 0 saturated heterocycles. The van der Waals surface area contributed by atoms with Gasteiger partial charge in [0.2, 0.25) is 0 Å². The van der Waals surface area contributed by atoms with Gasteiger partial charge in [-0.25, -0.2) is 4.79 Å². The third-order valence-electron chi connectivity index (χ3n) is 5.93. The Hall–Kier alpha value is -3.13. The van der Waals surface area contributed by atoms with E-state index in [4.69, 9.17) is 14.2 Å². The fourth-order valence-electron chi connectivity index (χ4n) is 4.48. The second kappa shape index (κ2) is 10.2. The van der Waals surface area contributed by atoms with Gasteiger partial charge in [0, 0.05) is 22.9 Å². The first kappa shape index (κ1) is 24.5. The van der Waals surface area contributed by atoms with E-state index in [2.05, 4.69) is 5.32 Å². The number of phenols is 1. The van der Waals surface area contributed by atoms with Crippen LogP contribution in [0.25, 0.3) is 0 Å². The summed E-state index contributed by atoms with van der Waals surface area (Å²) < 4.78 is 15.8. The van der Waals surface area contributed by atoms with Crippen molar-refractivity contribution in [2.75, 3.05) is 20.3 Å². The molecule has 0 unspecified atom stereocenters. The van der Waals surface area contributed by atoms with Gasteiger partial charge >= 0.3 is 11.9 Å². The monoisotopic (exact) mass is 457 g/mol. The number of phenolic OH excluding ortho intramolecular Hbond substituents is 1. The molecule has 1 aliphatic heterocycles. The normalized spacial score (nSPS) is 22.7. The molecule has 0 fully saturated rings. The van der Waals surface area contributed by atoms with Crippen LogP contribution in [0, 0.1) is 11.8 Å². The zero-order valence-electron chi connectivity index (χ0n) is 19.6. The Bertz CT molecular complexity index is 1010. The third kappa shape index (κ3) is 5.11. The molecular formula is C25H31NO7. The molecule has 0 aromatic heterocycles. The van der Waals surface area contributed by atoms with E-state index in [1.54, 1.807) is 19.1 Å². The van der Waals surface area contributed by atoms with Crippen LogP contribution >= 0.6 is 0 Å². The Balaban J connectivity index is 2.04. The first-order valence-electron chi connectivity index (χ1n) is 11.1. The van der Waals surface area contributed by atoms with Crippen LogP contribution in [0.15, 0.2) is 46.8 Å². The Labute approximate surface area is 193 Å². The second-order valence-corrected chi connectivity index (χ2v) is 8.69. The second-order valence-electron chi connectivity index (χ2n) is 8.69. The standard InChI is InChI=1S/C25H31NO7/c1-13(2)32-9-10-33-25(30)20-15(4)26-18-11-14(3)19(24(29)31-5)23(28)22(18)21(20)16-7-6-8-17(27)12-16/h6-8,12-14,19,21,26-27H,9-11H2,1-5H3/t14-,19-,21+/m1/s1. The van der Waals surface area contributed by atoms with Gasteiger partial charge < -0.3 is 24.6 Å². The number of allylic oxidation sites excluding steroid dienone is 3. The molecule has 0 amide bonds. The maximum atomic E-state index is 13.6. The molecule has 8 heteroatoms. The predicted molar refractivity (Wildman–Crippen MR) is 120 cm³/mol. The summed E-state index contributed by atoms with van der Waals surface area (Å²) in [5.41, 5.74) is 2.37. The van der Waals surface area contributed by atoms with Crippen molar-refractivity contribution in [2.24, 2.45) is 11.8 Å². The molecule has 3 atom stereocenters. The smallest absolute Gasteiger partial charge is 0.336 e. The van der Waals surface area contributed by atoms with Crippen LogP contribution in [0.2, 0.25) is 0 Å². The topological polar surface area (TPSA) is 111 Å². The lowest BCUT2D eigenvalue weighted by Gasteiger charge is -2.38. The molecule has 0 radical (unpaired) electrons. The van der Waals surface area contributed by atoms with Gasteiger partial charge in [-0.15, -0.1) is 0 Å². The van der Waals surface area contributed by atoms with Gasteiger partial charge in [0.15, 0.2) is 5.78 Å². The average molecular weight is 458 g/mol. The number of nitrogens with one attached hydrogen (secondary N) is 1. The molecule has 1 aromatic carbocycles. The van der Waals surface area contributed by atoms with Gasteiger partial charge in [-0.1, -0.05) is 19.1 Å². The van der Waals surface area contributed by atoms with Crippen LogP contribution in [0.3, 0.4) is 0 Å². The van der Waals surface area contributed by atoms with E-state index in [1.165, 1.54) is 19.2 Å². The Morgan fingerprint density at radius 1 is 1.24 bits per heavy atom. The summed E-state index contributed by atoms with van der Waals surface area (Å²) in [6, 6.07) is 6.41. The zero-order chi connectivity index (χ0) is 24.3. The quantitative estimate of drug-likeness (QED) is 0.365. The number of carbonyl (C=O) groups excluding carboxylic acids is 3. The van der Waals surface area contributed by atoms with Crippen LogP contribution < -0.4 is 5.32 Å². The fourth-order valence-corrected chi connectivity index (χ4v) is 4.48. The maximum absolute atomic E-state index is 13.6. The number of dihydropyridines is 1. The number of rotatable bonds is 7. The Kier molecular flexibility index (Phi) is 7.58. The third-order valence-corrected chi connectivity index (χ3v) is 5.93. The number of aromatic hydroxyl groups is 1. The van der Waals surface area contributed by atoms with Crippen molar-refractivity contribution in [3.63, 3.8) is 0 Å². The summed E-state index contributed by atoms with van der Waals surface area (Å²) in [4.78, 5) is 39.2. The van der Waals surface area contributed by atoms with E-state index >= 15 is 0 Å². The Morgan fingerprint density at radius 2 is 1.97 bits per heavy atom. The minimum atomic E-state index is -0.967. The van der Waals surface area contributed by atoms with Crippen molar-refractivity contribution in [3.8, 4) is 5.75 Å². The zero-order valence-corrected chi connectivity index (χ0v) is 19.6. The molecule has 1 heterocycles. The van der Waals surface area contributed by atoms with Crippen LogP contribution in [0.4, 0.5) is 0 Å². The molecule has 178 valence electrons. The molecule has 1 aliphatic carbocycles. The fraction of sp³-hybridized carbons (Fsp3) is 0.480. The lowest BCUT2D eigenvalue weighted by atomic mass is 9.69. The van der Waals surface area contributed by atoms with E-state index in [0.29, 0.717) is 29.0 Å². The first-order valence-corrected chi connectivity index (χ1v) is 11.1. The molecule has 0 spiro atoms. The molecular weight excluding hydrogens is 426 g/mol. The highest BCUT2D eigenvalue weighted by molar-refractivity contribution is 6.12. The van der Waals surface area contributed by atoms with E-state index in [-0.39, 0.29) is 36.6 Å². The number of ether oxygens (including phenoxy) is 3. The minimum Gasteiger partial charge on any atom is -0.508 e. The Morgan fingerprint density at radius 3 is 2.61 bits per heavy atom. The van der Waals surface area contributed by atoms with Crippen LogP contribution in [-0.4, -0.2) is 49.3 Å². The summed E-state index contributed by atoms with van der Waals surface area (Å²) in [7, 11) is 1.25. The van der Waals surface area contributed by atoms with Gasteiger partial charge in [-0.05, 0) is 50.8 Å². The SMILES string of the molecule is COC(=O)[C@H]1C(=O)C2=C(C[C@H]1C)NC(C)=C(C(=O)OCCOC(C)C)[C@@H]2c1cccc(O)c1. The van der Waals surface area contributed by atoms with Crippen molar-refractivity contribution < 1.29 is 33.7 Å². The first-order chi connectivity index (χ1) is 15.6. The van der Waals surface area contributed by atoms with E-state index in [9.17, 15) is 19.5 Å². The van der Waals surface area contributed by atoms with Gasteiger partial charge in [0.25, 0.3) is 0 Å². The van der Waals surface area contributed by atoms with Crippen LogP contribution in [-0.2, 0) is 28.6 Å². The average Bonchev–Trinajstić information content (AvgIpc) is 2.75.